The first-order chi connectivity index (χ1) is 7.79. The van der Waals surface area contributed by atoms with Gasteiger partial charge in [-0.15, -0.1) is 0 Å². The molecular weight excluding hydrogens is 264 g/mol. The second-order valence-corrected chi connectivity index (χ2v) is 5.67. The number of benzene rings is 1. The van der Waals surface area contributed by atoms with Crippen molar-refractivity contribution in [3.8, 4) is 0 Å². The molecule has 1 aromatic carbocycles. The molecule has 3 heteroatoms. The van der Waals surface area contributed by atoms with Crippen LogP contribution in [0.1, 0.15) is 18.9 Å². The highest BCUT2D eigenvalue weighted by Crippen LogP contribution is 2.37. The molecule has 0 amide bonds. The van der Waals surface area contributed by atoms with Gasteiger partial charge in [0.1, 0.15) is 0 Å². The summed E-state index contributed by atoms with van der Waals surface area (Å²) in [5.74, 6) is 0. The molecule has 16 heavy (non-hydrogen) atoms. The van der Waals surface area contributed by atoms with Crippen molar-refractivity contribution in [2.75, 3.05) is 18.0 Å². The monoisotopic (exact) mass is 280 g/mol. The van der Waals surface area contributed by atoms with Crippen LogP contribution in [0.4, 0.5) is 5.69 Å². The van der Waals surface area contributed by atoms with E-state index in [-0.39, 0.29) is 0 Å². The minimum Gasteiger partial charge on any atom is -0.362 e. The zero-order chi connectivity index (χ0) is 11.1. The van der Waals surface area contributed by atoms with Gasteiger partial charge in [-0.2, -0.15) is 0 Å². The van der Waals surface area contributed by atoms with Crippen LogP contribution >= 0.6 is 15.9 Å². The number of hydrogen-bond acceptors (Lipinski definition) is 2. The molecule has 1 saturated heterocycles. The van der Waals surface area contributed by atoms with Crippen LogP contribution in [-0.2, 0) is 6.42 Å². The smallest absolute Gasteiger partial charge is 0.0459 e. The molecule has 2 nitrogen and oxygen atoms in total. The molecule has 2 aliphatic heterocycles. The van der Waals surface area contributed by atoms with Gasteiger partial charge >= 0.3 is 0 Å². The summed E-state index contributed by atoms with van der Waals surface area (Å²) in [5, 5.41) is 3.55. The first-order valence-electron chi connectivity index (χ1n) is 6.07. The lowest BCUT2D eigenvalue weighted by Crippen LogP contribution is -2.55. The van der Waals surface area contributed by atoms with E-state index in [4.69, 9.17) is 0 Å². The summed E-state index contributed by atoms with van der Waals surface area (Å²) < 4.78 is 1.19. The number of rotatable bonds is 1. The Labute approximate surface area is 105 Å². The summed E-state index contributed by atoms with van der Waals surface area (Å²) >= 11 is 3.58. The lowest BCUT2D eigenvalue weighted by Gasteiger charge is -2.40. The molecule has 0 spiro atoms. The third kappa shape index (κ3) is 1.57. The number of hydrogen-bond donors (Lipinski definition) is 1. The molecule has 2 aliphatic rings. The fourth-order valence-corrected chi connectivity index (χ4v) is 3.37. The van der Waals surface area contributed by atoms with Crippen LogP contribution < -0.4 is 10.2 Å². The number of anilines is 1. The average molecular weight is 281 g/mol. The molecule has 2 heterocycles. The van der Waals surface area contributed by atoms with Crippen LogP contribution in [0.5, 0.6) is 0 Å². The summed E-state index contributed by atoms with van der Waals surface area (Å²) in [6.07, 6.45) is 2.42. The second-order valence-electron chi connectivity index (χ2n) is 4.76. The largest absolute Gasteiger partial charge is 0.362 e. The van der Waals surface area contributed by atoms with Crippen molar-refractivity contribution in [1.82, 2.24) is 5.32 Å². The second kappa shape index (κ2) is 4.04. The fraction of sp³-hybridized carbons (Fsp3) is 0.538. The molecule has 0 aromatic heterocycles. The predicted octanol–water partition coefficient (Wildman–Crippen LogP) is 2.56. The van der Waals surface area contributed by atoms with Crippen molar-refractivity contribution in [3.63, 3.8) is 0 Å². The standard InChI is InChI=1S/C13H17BrN2/c1-2-11-7-15-8-12-5-9-3-4-10(14)6-13(9)16(11)12/h3-4,6,11-12,15H,2,5,7-8H2,1H3. The van der Waals surface area contributed by atoms with E-state index in [0.29, 0.717) is 12.1 Å². The van der Waals surface area contributed by atoms with E-state index in [1.54, 1.807) is 0 Å². The molecule has 2 unspecified atom stereocenters. The van der Waals surface area contributed by atoms with E-state index < -0.39 is 0 Å². The Morgan fingerprint density at radius 3 is 3.12 bits per heavy atom. The van der Waals surface area contributed by atoms with E-state index in [1.165, 1.54) is 28.6 Å². The van der Waals surface area contributed by atoms with Crippen molar-refractivity contribution in [2.45, 2.75) is 31.8 Å². The Morgan fingerprint density at radius 2 is 2.31 bits per heavy atom. The lowest BCUT2D eigenvalue weighted by molar-refractivity contribution is 0.405. The first-order valence-corrected chi connectivity index (χ1v) is 6.86. The molecule has 3 rings (SSSR count). The topological polar surface area (TPSA) is 15.3 Å². The minimum absolute atomic E-state index is 0.661. The molecule has 2 atom stereocenters. The molecule has 0 radical (unpaired) electrons. The maximum absolute atomic E-state index is 3.58. The first kappa shape index (κ1) is 10.6. The van der Waals surface area contributed by atoms with Gasteiger partial charge in [-0.3, -0.25) is 0 Å². The van der Waals surface area contributed by atoms with Gasteiger partial charge in [0, 0.05) is 35.3 Å². The molecule has 0 bridgehead atoms. The number of halogens is 1. The number of nitrogens with one attached hydrogen (secondary N) is 1. The highest BCUT2D eigenvalue weighted by molar-refractivity contribution is 9.10. The van der Waals surface area contributed by atoms with Crippen LogP contribution in [-0.4, -0.2) is 25.2 Å². The minimum atomic E-state index is 0.661. The van der Waals surface area contributed by atoms with Crippen molar-refractivity contribution < 1.29 is 0 Å². The summed E-state index contributed by atoms with van der Waals surface area (Å²) in [4.78, 5) is 2.64. The van der Waals surface area contributed by atoms with Crippen LogP contribution in [0, 0.1) is 0 Å². The van der Waals surface area contributed by atoms with Crippen LogP contribution in [0.25, 0.3) is 0 Å². The quantitative estimate of drug-likeness (QED) is 0.851. The summed E-state index contributed by atoms with van der Waals surface area (Å²) in [6, 6.07) is 8.04. The van der Waals surface area contributed by atoms with Gasteiger partial charge in [-0.1, -0.05) is 28.9 Å². The predicted molar refractivity (Wildman–Crippen MR) is 71.1 cm³/mol. The summed E-state index contributed by atoms with van der Waals surface area (Å²) in [7, 11) is 0. The van der Waals surface area contributed by atoms with E-state index >= 15 is 0 Å². The van der Waals surface area contributed by atoms with E-state index in [0.717, 1.165) is 13.1 Å². The van der Waals surface area contributed by atoms with E-state index in [9.17, 15) is 0 Å². The van der Waals surface area contributed by atoms with Crippen molar-refractivity contribution in [1.29, 1.82) is 0 Å². The third-order valence-electron chi connectivity index (χ3n) is 3.80. The highest BCUT2D eigenvalue weighted by Gasteiger charge is 2.35. The van der Waals surface area contributed by atoms with Crippen LogP contribution in [0.3, 0.4) is 0 Å². The number of fused-ring (bicyclic) bond motifs is 3. The highest BCUT2D eigenvalue weighted by atomic mass is 79.9. The molecule has 1 fully saturated rings. The third-order valence-corrected chi connectivity index (χ3v) is 4.29. The van der Waals surface area contributed by atoms with Gasteiger partial charge in [-0.05, 0) is 30.5 Å². The average Bonchev–Trinajstić information content (AvgIpc) is 2.66. The number of piperazine rings is 1. The summed E-state index contributed by atoms with van der Waals surface area (Å²) in [6.45, 7) is 4.53. The van der Waals surface area contributed by atoms with Gasteiger partial charge < -0.3 is 10.2 Å². The van der Waals surface area contributed by atoms with Crippen molar-refractivity contribution in [2.24, 2.45) is 0 Å². The van der Waals surface area contributed by atoms with Crippen LogP contribution in [0.15, 0.2) is 22.7 Å². The summed E-state index contributed by atoms with van der Waals surface area (Å²) in [5.41, 5.74) is 2.96. The van der Waals surface area contributed by atoms with E-state index in [2.05, 4.69) is 51.3 Å². The normalized spacial score (nSPS) is 27.8. The Bertz CT molecular complexity index is 399. The molecule has 1 N–H and O–H groups in total. The SMILES string of the molecule is CCC1CNCC2Cc3ccc(Br)cc3N12. The molecule has 1 aromatic rings. The maximum atomic E-state index is 3.58. The van der Waals surface area contributed by atoms with Crippen molar-refractivity contribution in [3.05, 3.63) is 28.2 Å². The molecule has 0 aliphatic carbocycles. The van der Waals surface area contributed by atoms with Gasteiger partial charge in [0.15, 0.2) is 0 Å². The maximum Gasteiger partial charge on any atom is 0.0459 e. The molecule has 86 valence electrons. The van der Waals surface area contributed by atoms with Gasteiger partial charge in [0.2, 0.25) is 0 Å². The Morgan fingerprint density at radius 1 is 1.44 bits per heavy atom. The number of nitrogens with zero attached hydrogens (tertiary/aromatic N) is 1. The van der Waals surface area contributed by atoms with Crippen LogP contribution in [0.2, 0.25) is 0 Å². The Kier molecular flexibility index (Phi) is 2.68. The molecular formula is C13H17BrN2. The zero-order valence-corrected chi connectivity index (χ0v) is 11.1. The van der Waals surface area contributed by atoms with E-state index in [1.807, 2.05) is 0 Å². The molecule has 0 saturated carbocycles. The van der Waals surface area contributed by atoms with Gasteiger partial charge in [-0.25, -0.2) is 0 Å². The Hall–Kier alpha value is -0.540. The fourth-order valence-electron chi connectivity index (χ4n) is 3.02. The van der Waals surface area contributed by atoms with Gasteiger partial charge in [0.05, 0.1) is 0 Å². The Balaban J connectivity index is 2.01. The van der Waals surface area contributed by atoms with Crippen molar-refractivity contribution >= 4 is 21.6 Å². The lowest BCUT2D eigenvalue weighted by atomic mass is 10.1. The van der Waals surface area contributed by atoms with Gasteiger partial charge in [0.25, 0.3) is 0 Å². The zero-order valence-electron chi connectivity index (χ0n) is 9.54.